The topological polar surface area (TPSA) is 41.4 Å². The van der Waals surface area contributed by atoms with Gasteiger partial charge in [0.05, 0.1) is 11.0 Å². The number of para-hydroxylation sites is 2. The van der Waals surface area contributed by atoms with Crippen molar-refractivity contribution in [3.05, 3.63) is 30.1 Å². The molecule has 2 heterocycles. The maximum absolute atomic E-state index is 12.5. The molecule has 3 rings (SSSR count). The number of imidazole rings is 1. The zero-order chi connectivity index (χ0) is 14.8. The first-order chi connectivity index (χ1) is 10.2. The van der Waals surface area contributed by atoms with Crippen LogP contribution in [-0.2, 0) is 17.8 Å². The number of aromatic nitrogens is 2. The number of aryl methyl sites for hydroxylation is 1. The number of carbonyl (C=O) groups is 1. The van der Waals surface area contributed by atoms with Crippen molar-refractivity contribution >= 4 is 16.9 Å². The van der Waals surface area contributed by atoms with Crippen LogP contribution in [0.2, 0.25) is 0 Å². The van der Waals surface area contributed by atoms with Crippen molar-refractivity contribution in [1.29, 1.82) is 0 Å². The summed E-state index contributed by atoms with van der Waals surface area (Å²) in [6.45, 7) is 6.03. The van der Waals surface area contributed by atoms with Crippen LogP contribution in [0.3, 0.4) is 0 Å². The van der Waals surface area contributed by atoms with Gasteiger partial charge in [0.1, 0.15) is 12.4 Å². The molecule has 5 heteroatoms. The first-order valence-electron chi connectivity index (χ1n) is 7.59. The number of fused-ring (bicyclic) bond motifs is 1. The van der Waals surface area contributed by atoms with E-state index in [2.05, 4.69) is 28.4 Å². The molecule has 1 saturated heterocycles. The summed E-state index contributed by atoms with van der Waals surface area (Å²) in [5.74, 6) is 1.18. The van der Waals surface area contributed by atoms with Crippen molar-refractivity contribution in [2.75, 3.05) is 33.2 Å². The van der Waals surface area contributed by atoms with Crippen LogP contribution in [0.4, 0.5) is 0 Å². The predicted octanol–water partition coefficient (Wildman–Crippen LogP) is 1.37. The minimum absolute atomic E-state index is 0.195. The minimum Gasteiger partial charge on any atom is -0.339 e. The lowest BCUT2D eigenvalue weighted by Gasteiger charge is -2.32. The highest BCUT2D eigenvalue weighted by Crippen LogP contribution is 2.17. The van der Waals surface area contributed by atoms with Gasteiger partial charge in [-0.05, 0) is 19.2 Å². The summed E-state index contributed by atoms with van der Waals surface area (Å²) in [6.07, 6.45) is 0.838. The first-order valence-corrected chi connectivity index (χ1v) is 7.59. The average Bonchev–Trinajstić information content (AvgIpc) is 2.86. The molecule has 0 N–H and O–H groups in total. The monoisotopic (exact) mass is 286 g/mol. The second-order valence-electron chi connectivity index (χ2n) is 5.64. The lowest BCUT2D eigenvalue weighted by molar-refractivity contribution is -0.133. The van der Waals surface area contributed by atoms with Gasteiger partial charge in [-0.1, -0.05) is 19.1 Å². The molecule has 0 saturated carbocycles. The van der Waals surface area contributed by atoms with Crippen molar-refractivity contribution in [3.8, 4) is 0 Å². The van der Waals surface area contributed by atoms with E-state index in [1.165, 1.54) is 0 Å². The number of piperazine rings is 1. The summed E-state index contributed by atoms with van der Waals surface area (Å²) in [5, 5.41) is 0. The Morgan fingerprint density at radius 3 is 2.62 bits per heavy atom. The molecule has 0 spiro atoms. The third-order valence-corrected chi connectivity index (χ3v) is 4.20. The molecule has 1 fully saturated rings. The van der Waals surface area contributed by atoms with Crippen LogP contribution >= 0.6 is 0 Å². The fourth-order valence-electron chi connectivity index (χ4n) is 2.86. The van der Waals surface area contributed by atoms with Crippen LogP contribution in [0, 0.1) is 0 Å². The van der Waals surface area contributed by atoms with Gasteiger partial charge in [-0.3, -0.25) is 4.79 Å². The van der Waals surface area contributed by atoms with Gasteiger partial charge in [0.15, 0.2) is 0 Å². The number of amides is 1. The molecule has 1 amide bonds. The standard InChI is InChI=1S/C16H22N4O/c1-3-15-17-13-6-4-5-7-14(13)20(15)12-16(21)19-10-8-18(2)9-11-19/h4-7H,3,8-12H2,1-2H3. The molecule has 1 aromatic heterocycles. The summed E-state index contributed by atoms with van der Waals surface area (Å²) in [7, 11) is 2.10. The van der Waals surface area contributed by atoms with Gasteiger partial charge in [0.25, 0.3) is 0 Å². The fraction of sp³-hybridized carbons (Fsp3) is 0.500. The van der Waals surface area contributed by atoms with E-state index < -0.39 is 0 Å². The Hall–Kier alpha value is -1.88. The molecule has 1 aromatic carbocycles. The fourth-order valence-corrected chi connectivity index (χ4v) is 2.86. The molecule has 0 radical (unpaired) electrons. The van der Waals surface area contributed by atoms with E-state index in [0.29, 0.717) is 6.54 Å². The number of rotatable bonds is 3. The Labute approximate surface area is 125 Å². The Kier molecular flexibility index (Phi) is 3.92. The number of likely N-dealkylation sites (N-methyl/N-ethyl adjacent to an activating group) is 1. The third kappa shape index (κ3) is 2.78. The summed E-state index contributed by atoms with van der Waals surface area (Å²) < 4.78 is 2.07. The molecule has 5 nitrogen and oxygen atoms in total. The van der Waals surface area contributed by atoms with Crippen molar-refractivity contribution in [2.45, 2.75) is 19.9 Å². The van der Waals surface area contributed by atoms with Gasteiger partial charge in [-0.2, -0.15) is 0 Å². The number of hydrogen-bond donors (Lipinski definition) is 0. The van der Waals surface area contributed by atoms with Gasteiger partial charge in [0.2, 0.25) is 5.91 Å². The van der Waals surface area contributed by atoms with Gasteiger partial charge in [-0.15, -0.1) is 0 Å². The molecular weight excluding hydrogens is 264 g/mol. The highest BCUT2D eigenvalue weighted by molar-refractivity contribution is 5.81. The minimum atomic E-state index is 0.195. The summed E-state index contributed by atoms with van der Waals surface area (Å²) in [4.78, 5) is 21.4. The molecule has 0 atom stereocenters. The number of nitrogens with zero attached hydrogens (tertiary/aromatic N) is 4. The third-order valence-electron chi connectivity index (χ3n) is 4.20. The van der Waals surface area contributed by atoms with E-state index >= 15 is 0 Å². The molecule has 0 bridgehead atoms. The normalized spacial score (nSPS) is 16.6. The van der Waals surface area contributed by atoms with E-state index in [4.69, 9.17) is 0 Å². The highest BCUT2D eigenvalue weighted by Gasteiger charge is 2.20. The predicted molar refractivity (Wildman–Crippen MR) is 83.2 cm³/mol. The second kappa shape index (κ2) is 5.85. The van der Waals surface area contributed by atoms with Gasteiger partial charge < -0.3 is 14.4 Å². The molecule has 2 aromatic rings. The summed E-state index contributed by atoms with van der Waals surface area (Å²) in [6, 6.07) is 8.03. The zero-order valence-corrected chi connectivity index (χ0v) is 12.7. The highest BCUT2D eigenvalue weighted by atomic mass is 16.2. The van der Waals surface area contributed by atoms with Crippen LogP contribution < -0.4 is 0 Å². The Balaban J connectivity index is 1.82. The summed E-state index contributed by atoms with van der Waals surface area (Å²) in [5.41, 5.74) is 2.03. The van der Waals surface area contributed by atoms with E-state index in [-0.39, 0.29) is 5.91 Å². The Morgan fingerprint density at radius 2 is 1.90 bits per heavy atom. The van der Waals surface area contributed by atoms with Crippen molar-refractivity contribution in [1.82, 2.24) is 19.4 Å². The molecule has 1 aliphatic heterocycles. The molecule has 0 unspecified atom stereocenters. The Bertz CT molecular complexity index is 641. The number of carbonyl (C=O) groups excluding carboxylic acids is 1. The smallest absolute Gasteiger partial charge is 0.242 e. The van der Waals surface area contributed by atoms with Crippen molar-refractivity contribution in [3.63, 3.8) is 0 Å². The number of benzene rings is 1. The van der Waals surface area contributed by atoms with E-state index in [1.807, 2.05) is 29.2 Å². The largest absolute Gasteiger partial charge is 0.339 e. The zero-order valence-electron chi connectivity index (χ0n) is 12.7. The maximum Gasteiger partial charge on any atom is 0.242 e. The van der Waals surface area contributed by atoms with E-state index in [0.717, 1.165) is 49.5 Å². The van der Waals surface area contributed by atoms with Gasteiger partial charge in [0, 0.05) is 32.6 Å². The van der Waals surface area contributed by atoms with E-state index in [1.54, 1.807) is 0 Å². The Morgan fingerprint density at radius 1 is 1.19 bits per heavy atom. The molecule has 1 aliphatic rings. The van der Waals surface area contributed by atoms with Gasteiger partial charge >= 0.3 is 0 Å². The van der Waals surface area contributed by atoms with Crippen LogP contribution in [0.1, 0.15) is 12.7 Å². The van der Waals surface area contributed by atoms with Crippen LogP contribution in [0.25, 0.3) is 11.0 Å². The van der Waals surface area contributed by atoms with Crippen LogP contribution in [-0.4, -0.2) is 58.5 Å². The molecular formula is C16H22N4O. The van der Waals surface area contributed by atoms with Crippen LogP contribution in [0.5, 0.6) is 0 Å². The van der Waals surface area contributed by atoms with Crippen molar-refractivity contribution in [2.24, 2.45) is 0 Å². The second-order valence-corrected chi connectivity index (χ2v) is 5.64. The van der Waals surface area contributed by atoms with Crippen molar-refractivity contribution < 1.29 is 4.79 Å². The molecule has 112 valence electrons. The molecule has 0 aliphatic carbocycles. The quantitative estimate of drug-likeness (QED) is 0.856. The maximum atomic E-state index is 12.5. The lowest BCUT2D eigenvalue weighted by Crippen LogP contribution is -2.48. The average molecular weight is 286 g/mol. The van der Waals surface area contributed by atoms with Gasteiger partial charge in [-0.25, -0.2) is 4.98 Å². The number of hydrogen-bond acceptors (Lipinski definition) is 3. The summed E-state index contributed by atoms with van der Waals surface area (Å²) >= 11 is 0. The SMILES string of the molecule is CCc1nc2ccccc2n1CC(=O)N1CCN(C)CC1. The van der Waals surface area contributed by atoms with Crippen LogP contribution in [0.15, 0.2) is 24.3 Å². The lowest BCUT2D eigenvalue weighted by atomic mass is 10.3. The van der Waals surface area contributed by atoms with E-state index in [9.17, 15) is 4.79 Å². The first kappa shape index (κ1) is 14.1. The molecule has 21 heavy (non-hydrogen) atoms.